The van der Waals surface area contributed by atoms with Gasteiger partial charge in [0.15, 0.2) is 0 Å². The molecule has 3 aromatic heterocycles. The number of rotatable bonds is 3. The van der Waals surface area contributed by atoms with Crippen LogP contribution in [0.2, 0.25) is 0 Å². The molecule has 130 valence electrons. The van der Waals surface area contributed by atoms with Crippen LogP contribution in [0.5, 0.6) is 0 Å². The molecule has 1 amide bonds. The van der Waals surface area contributed by atoms with Crippen LogP contribution in [0.3, 0.4) is 0 Å². The van der Waals surface area contributed by atoms with E-state index in [1.165, 1.54) is 22.2 Å². The number of morpholine rings is 1. The first kappa shape index (κ1) is 16.0. The number of anilines is 1. The molecule has 0 aromatic carbocycles. The Bertz CT molecular complexity index is 1040. The Hall–Kier alpha value is -2.52. The van der Waals surface area contributed by atoms with Crippen LogP contribution in [0.1, 0.15) is 5.56 Å². The molecule has 9 heteroatoms. The summed E-state index contributed by atoms with van der Waals surface area (Å²) in [7, 11) is 0. The molecule has 1 aliphatic heterocycles. The number of pyridine rings is 1. The molecule has 0 bridgehead atoms. The van der Waals surface area contributed by atoms with Gasteiger partial charge in [-0.3, -0.25) is 14.2 Å². The van der Waals surface area contributed by atoms with E-state index in [-0.39, 0.29) is 12.1 Å². The van der Waals surface area contributed by atoms with Gasteiger partial charge in [-0.05, 0) is 18.6 Å². The van der Waals surface area contributed by atoms with Crippen LogP contribution in [-0.4, -0.2) is 46.7 Å². The van der Waals surface area contributed by atoms with Crippen molar-refractivity contribution in [2.75, 3.05) is 31.2 Å². The first-order valence-corrected chi connectivity index (χ1v) is 8.76. The predicted octanol–water partition coefficient (Wildman–Crippen LogP) is 0.637. The highest BCUT2D eigenvalue weighted by Crippen LogP contribution is 2.33. The van der Waals surface area contributed by atoms with E-state index in [9.17, 15) is 9.59 Å². The third kappa shape index (κ3) is 2.75. The monoisotopic (exact) mass is 359 g/mol. The van der Waals surface area contributed by atoms with E-state index >= 15 is 0 Å². The van der Waals surface area contributed by atoms with Crippen LogP contribution in [0.25, 0.3) is 20.4 Å². The van der Waals surface area contributed by atoms with Gasteiger partial charge in [-0.15, -0.1) is 11.3 Å². The number of ether oxygens (including phenoxy) is 1. The quantitative estimate of drug-likeness (QED) is 0.736. The molecular weight excluding hydrogens is 342 g/mol. The SMILES string of the molecule is Cc1cc(N2CCOCC2)nc2sc3c(=O)n(CC(N)=O)cnc3c12. The van der Waals surface area contributed by atoms with Crippen molar-refractivity contribution in [1.29, 1.82) is 0 Å². The van der Waals surface area contributed by atoms with Crippen molar-refractivity contribution < 1.29 is 9.53 Å². The average Bonchev–Trinajstić information content (AvgIpc) is 2.98. The highest BCUT2D eigenvalue weighted by atomic mass is 32.1. The molecule has 3 aromatic rings. The number of hydrogen-bond donors (Lipinski definition) is 1. The lowest BCUT2D eigenvalue weighted by atomic mass is 10.2. The van der Waals surface area contributed by atoms with Crippen LogP contribution in [-0.2, 0) is 16.1 Å². The van der Waals surface area contributed by atoms with Gasteiger partial charge in [-0.2, -0.15) is 0 Å². The molecule has 1 saturated heterocycles. The van der Waals surface area contributed by atoms with Crippen molar-refractivity contribution >= 4 is 43.5 Å². The summed E-state index contributed by atoms with van der Waals surface area (Å²) in [4.78, 5) is 35.8. The van der Waals surface area contributed by atoms with Crippen LogP contribution >= 0.6 is 11.3 Å². The number of nitrogens with two attached hydrogens (primary N) is 1. The highest BCUT2D eigenvalue weighted by molar-refractivity contribution is 7.25. The number of nitrogens with zero attached hydrogens (tertiary/aromatic N) is 4. The number of fused-ring (bicyclic) bond motifs is 3. The third-order valence-corrected chi connectivity index (χ3v) is 5.32. The molecule has 0 unspecified atom stereocenters. The van der Waals surface area contributed by atoms with E-state index in [0.717, 1.165) is 34.7 Å². The zero-order chi connectivity index (χ0) is 17.6. The summed E-state index contributed by atoms with van der Waals surface area (Å²) >= 11 is 1.30. The first-order valence-electron chi connectivity index (χ1n) is 7.95. The first-order chi connectivity index (χ1) is 12.0. The van der Waals surface area contributed by atoms with Gasteiger partial charge in [0.25, 0.3) is 5.56 Å². The van der Waals surface area contributed by atoms with Crippen molar-refractivity contribution in [2.45, 2.75) is 13.5 Å². The maximum Gasteiger partial charge on any atom is 0.271 e. The summed E-state index contributed by atoms with van der Waals surface area (Å²) < 4.78 is 7.12. The lowest BCUT2D eigenvalue weighted by Crippen LogP contribution is -2.36. The average molecular weight is 359 g/mol. The second-order valence-corrected chi connectivity index (χ2v) is 7.00. The molecule has 25 heavy (non-hydrogen) atoms. The van der Waals surface area contributed by atoms with Gasteiger partial charge in [0.05, 0.1) is 25.1 Å². The summed E-state index contributed by atoms with van der Waals surface area (Å²) in [6.45, 7) is 4.78. The summed E-state index contributed by atoms with van der Waals surface area (Å²) in [5, 5.41) is 0.889. The number of aromatic nitrogens is 3. The number of hydrogen-bond acceptors (Lipinski definition) is 7. The van der Waals surface area contributed by atoms with Crippen LogP contribution in [0.4, 0.5) is 5.82 Å². The molecule has 0 spiro atoms. The Balaban J connectivity index is 1.89. The number of primary amides is 1. The molecule has 8 nitrogen and oxygen atoms in total. The summed E-state index contributed by atoms with van der Waals surface area (Å²) in [5.74, 6) is 0.311. The topological polar surface area (TPSA) is 103 Å². The van der Waals surface area contributed by atoms with Gasteiger partial charge >= 0.3 is 0 Å². The number of amides is 1. The zero-order valence-electron chi connectivity index (χ0n) is 13.7. The lowest BCUT2D eigenvalue weighted by molar-refractivity contribution is -0.118. The van der Waals surface area contributed by atoms with Gasteiger partial charge in [-0.25, -0.2) is 9.97 Å². The second kappa shape index (κ2) is 6.08. The van der Waals surface area contributed by atoms with Crippen molar-refractivity contribution in [1.82, 2.24) is 14.5 Å². The fourth-order valence-corrected chi connectivity index (χ4v) is 4.21. The molecule has 0 aliphatic carbocycles. The standard InChI is InChI=1S/C16H17N5O3S/c1-9-6-11(20-2-4-24-5-3-20)19-15-12(9)13-14(25-15)16(23)21(8-18-13)7-10(17)22/h6,8H,2-5,7H2,1H3,(H2,17,22). The molecule has 2 N–H and O–H groups in total. The maximum atomic E-state index is 12.6. The normalized spacial score (nSPS) is 15.2. The van der Waals surface area contributed by atoms with Crippen molar-refractivity contribution in [3.63, 3.8) is 0 Å². The highest BCUT2D eigenvalue weighted by Gasteiger charge is 2.19. The molecule has 1 aliphatic rings. The van der Waals surface area contributed by atoms with Crippen LogP contribution in [0.15, 0.2) is 17.2 Å². The molecule has 0 radical (unpaired) electrons. The van der Waals surface area contributed by atoms with Crippen LogP contribution < -0.4 is 16.2 Å². The van der Waals surface area contributed by atoms with E-state index < -0.39 is 5.91 Å². The summed E-state index contributed by atoms with van der Waals surface area (Å²) in [6.07, 6.45) is 1.37. The Morgan fingerprint density at radius 2 is 2.16 bits per heavy atom. The summed E-state index contributed by atoms with van der Waals surface area (Å²) in [5.41, 5.74) is 6.58. The van der Waals surface area contributed by atoms with E-state index in [0.29, 0.717) is 23.4 Å². The van der Waals surface area contributed by atoms with Crippen LogP contribution in [0, 0.1) is 6.92 Å². The van der Waals surface area contributed by atoms with Crippen molar-refractivity contribution in [2.24, 2.45) is 5.73 Å². The van der Waals surface area contributed by atoms with Crippen molar-refractivity contribution in [3.8, 4) is 0 Å². The number of carbonyl (C=O) groups excluding carboxylic acids is 1. The second-order valence-electron chi connectivity index (χ2n) is 6.00. The minimum Gasteiger partial charge on any atom is -0.378 e. The fraction of sp³-hybridized carbons (Fsp3) is 0.375. The molecule has 1 fully saturated rings. The van der Waals surface area contributed by atoms with Gasteiger partial charge in [0, 0.05) is 18.5 Å². The molecule has 4 rings (SSSR count). The lowest BCUT2D eigenvalue weighted by Gasteiger charge is -2.28. The molecule has 4 heterocycles. The Labute approximate surface area is 146 Å². The number of carbonyl (C=O) groups is 1. The third-order valence-electron chi connectivity index (χ3n) is 4.26. The van der Waals surface area contributed by atoms with E-state index in [1.54, 1.807) is 0 Å². The Morgan fingerprint density at radius 1 is 1.40 bits per heavy atom. The van der Waals surface area contributed by atoms with Gasteiger partial charge in [0.1, 0.15) is 21.9 Å². The van der Waals surface area contributed by atoms with E-state index in [2.05, 4.69) is 9.88 Å². The maximum absolute atomic E-state index is 12.6. The number of aryl methyl sites for hydroxylation is 1. The molecular formula is C16H17N5O3S. The Morgan fingerprint density at radius 3 is 2.88 bits per heavy atom. The number of thiophene rings is 1. The summed E-state index contributed by atoms with van der Waals surface area (Å²) in [6, 6.07) is 2.02. The fourth-order valence-electron chi connectivity index (χ4n) is 3.06. The largest absolute Gasteiger partial charge is 0.378 e. The smallest absolute Gasteiger partial charge is 0.271 e. The zero-order valence-corrected chi connectivity index (χ0v) is 14.5. The van der Waals surface area contributed by atoms with Crippen molar-refractivity contribution in [3.05, 3.63) is 28.3 Å². The predicted molar refractivity (Wildman–Crippen MR) is 96.1 cm³/mol. The molecule has 0 atom stereocenters. The van der Waals surface area contributed by atoms with Gasteiger partial charge < -0.3 is 15.4 Å². The van der Waals surface area contributed by atoms with Gasteiger partial charge in [0.2, 0.25) is 5.91 Å². The minimum absolute atomic E-state index is 0.179. The Kier molecular flexibility index (Phi) is 3.89. The molecule has 0 saturated carbocycles. The van der Waals surface area contributed by atoms with E-state index in [4.69, 9.17) is 15.5 Å². The minimum atomic E-state index is -0.576. The van der Waals surface area contributed by atoms with E-state index in [1.807, 2.05) is 13.0 Å². The van der Waals surface area contributed by atoms with Gasteiger partial charge in [-0.1, -0.05) is 0 Å².